The van der Waals surface area contributed by atoms with Crippen molar-refractivity contribution >= 4 is 17.6 Å². The van der Waals surface area contributed by atoms with Crippen LogP contribution in [0.4, 0.5) is 5.69 Å². The lowest BCUT2D eigenvalue weighted by Crippen LogP contribution is -2.45. The molecular formula is C22H35N5O. The average molecular weight is 386 g/mol. The number of benzene rings is 1. The van der Waals surface area contributed by atoms with Gasteiger partial charge in [-0.25, -0.2) is 0 Å². The normalized spacial score (nSPS) is 20.4. The van der Waals surface area contributed by atoms with Crippen LogP contribution in [0, 0.1) is 5.92 Å². The molecule has 1 aromatic rings. The van der Waals surface area contributed by atoms with Gasteiger partial charge in [-0.3, -0.25) is 9.79 Å². The number of carbonyl (C=O) groups is 1. The van der Waals surface area contributed by atoms with Gasteiger partial charge < -0.3 is 20.4 Å². The molecule has 28 heavy (non-hydrogen) atoms. The fourth-order valence-electron chi connectivity index (χ4n) is 4.15. The van der Waals surface area contributed by atoms with Crippen molar-refractivity contribution in [3.8, 4) is 0 Å². The van der Waals surface area contributed by atoms with Crippen molar-refractivity contribution in [2.24, 2.45) is 10.9 Å². The molecule has 1 saturated heterocycles. The van der Waals surface area contributed by atoms with Crippen LogP contribution in [0.3, 0.4) is 0 Å². The number of hydrogen-bond donors (Lipinski definition) is 2. The van der Waals surface area contributed by atoms with Crippen LogP contribution in [0.5, 0.6) is 0 Å². The number of nitrogens with one attached hydrogen (secondary N) is 2. The van der Waals surface area contributed by atoms with Gasteiger partial charge in [0.05, 0.1) is 6.54 Å². The molecule has 2 aliphatic rings. The van der Waals surface area contributed by atoms with E-state index in [4.69, 9.17) is 4.99 Å². The lowest BCUT2D eigenvalue weighted by Gasteiger charge is -2.22. The van der Waals surface area contributed by atoms with Crippen LogP contribution in [-0.2, 0) is 4.79 Å². The molecule has 1 heterocycles. The summed E-state index contributed by atoms with van der Waals surface area (Å²) in [6.45, 7) is 6.15. The second-order valence-corrected chi connectivity index (χ2v) is 7.91. The molecule has 0 spiro atoms. The molecule has 1 aliphatic heterocycles. The molecule has 6 heteroatoms. The number of amides is 1. The number of aliphatic imine (C=N–C) groups is 1. The van der Waals surface area contributed by atoms with Crippen LogP contribution in [0.1, 0.15) is 39.0 Å². The first-order valence-corrected chi connectivity index (χ1v) is 10.8. The Morgan fingerprint density at radius 2 is 1.96 bits per heavy atom. The molecule has 1 aromatic carbocycles. The zero-order valence-electron chi connectivity index (χ0n) is 17.4. The van der Waals surface area contributed by atoms with Crippen LogP contribution >= 0.6 is 0 Å². The Morgan fingerprint density at radius 1 is 1.21 bits per heavy atom. The summed E-state index contributed by atoms with van der Waals surface area (Å²) in [6.07, 6.45) is 5.56. The fraction of sp³-hybridized carbons (Fsp3) is 0.636. The Labute approximate surface area is 169 Å². The highest BCUT2D eigenvalue weighted by Gasteiger charge is 2.32. The highest BCUT2D eigenvalue weighted by Crippen LogP contribution is 2.27. The minimum absolute atomic E-state index is 0.272. The van der Waals surface area contributed by atoms with Crippen LogP contribution in [-0.4, -0.2) is 62.6 Å². The Kier molecular flexibility index (Phi) is 7.57. The number of para-hydroxylation sites is 1. The maximum absolute atomic E-state index is 12.6. The summed E-state index contributed by atoms with van der Waals surface area (Å²) in [7, 11) is 2.09. The highest BCUT2D eigenvalue weighted by molar-refractivity contribution is 5.81. The second kappa shape index (κ2) is 10.3. The summed E-state index contributed by atoms with van der Waals surface area (Å²) in [6, 6.07) is 10.7. The molecule has 1 saturated carbocycles. The topological polar surface area (TPSA) is 60.0 Å². The third-order valence-corrected chi connectivity index (χ3v) is 5.79. The van der Waals surface area contributed by atoms with Crippen molar-refractivity contribution in [1.29, 1.82) is 0 Å². The molecule has 2 fully saturated rings. The highest BCUT2D eigenvalue weighted by atomic mass is 16.2. The molecule has 1 unspecified atom stereocenters. The molecule has 1 amide bonds. The van der Waals surface area contributed by atoms with Crippen LogP contribution in [0.15, 0.2) is 35.3 Å². The van der Waals surface area contributed by atoms with E-state index in [1.54, 1.807) is 0 Å². The van der Waals surface area contributed by atoms with E-state index < -0.39 is 0 Å². The Bertz CT molecular complexity index is 642. The Balaban J connectivity index is 1.47. The summed E-state index contributed by atoms with van der Waals surface area (Å²) in [4.78, 5) is 21.6. The lowest BCUT2D eigenvalue weighted by molar-refractivity contribution is -0.134. The number of likely N-dealkylation sites (tertiary alicyclic amines) is 1. The van der Waals surface area contributed by atoms with Crippen LogP contribution < -0.4 is 15.5 Å². The van der Waals surface area contributed by atoms with Gasteiger partial charge in [-0.2, -0.15) is 0 Å². The maximum Gasteiger partial charge on any atom is 0.225 e. The number of hydrogen-bond acceptors (Lipinski definition) is 3. The van der Waals surface area contributed by atoms with Crippen molar-refractivity contribution < 1.29 is 4.79 Å². The van der Waals surface area contributed by atoms with Gasteiger partial charge in [0.2, 0.25) is 5.91 Å². The SMILES string of the molecule is CCNC(=NCCN(C)c1ccccc1)NC1CCN(C(=O)C2CCCC2)C1. The van der Waals surface area contributed by atoms with Crippen molar-refractivity contribution in [1.82, 2.24) is 15.5 Å². The van der Waals surface area contributed by atoms with E-state index in [1.165, 1.54) is 18.5 Å². The monoisotopic (exact) mass is 385 g/mol. The van der Waals surface area contributed by atoms with E-state index in [0.717, 1.165) is 57.9 Å². The van der Waals surface area contributed by atoms with Crippen LogP contribution in [0.2, 0.25) is 0 Å². The number of anilines is 1. The number of likely N-dealkylation sites (N-methyl/N-ethyl adjacent to an activating group) is 1. The largest absolute Gasteiger partial charge is 0.373 e. The zero-order valence-corrected chi connectivity index (χ0v) is 17.4. The molecule has 3 rings (SSSR count). The summed E-state index contributed by atoms with van der Waals surface area (Å²) in [5.41, 5.74) is 1.20. The third-order valence-electron chi connectivity index (χ3n) is 5.79. The average Bonchev–Trinajstić information content (AvgIpc) is 3.40. The van der Waals surface area contributed by atoms with Crippen molar-refractivity contribution in [3.05, 3.63) is 30.3 Å². The fourth-order valence-corrected chi connectivity index (χ4v) is 4.15. The van der Waals surface area contributed by atoms with Gasteiger partial charge in [-0.15, -0.1) is 0 Å². The lowest BCUT2D eigenvalue weighted by atomic mass is 10.1. The van der Waals surface area contributed by atoms with E-state index in [9.17, 15) is 4.79 Å². The molecule has 0 aromatic heterocycles. The van der Waals surface area contributed by atoms with Gasteiger partial charge in [0.15, 0.2) is 5.96 Å². The first-order valence-electron chi connectivity index (χ1n) is 10.8. The van der Waals surface area contributed by atoms with Gasteiger partial charge in [0.1, 0.15) is 0 Å². The molecular weight excluding hydrogens is 350 g/mol. The molecule has 1 aliphatic carbocycles. The minimum atomic E-state index is 0.272. The number of carbonyl (C=O) groups excluding carboxylic acids is 1. The molecule has 154 valence electrons. The first kappa shape index (κ1) is 20.5. The Hall–Kier alpha value is -2.24. The first-order chi connectivity index (χ1) is 13.7. The number of nitrogens with zero attached hydrogens (tertiary/aromatic N) is 3. The second-order valence-electron chi connectivity index (χ2n) is 7.91. The summed E-state index contributed by atoms with van der Waals surface area (Å²) >= 11 is 0. The van der Waals surface area contributed by atoms with E-state index >= 15 is 0 Å². The summed E-state index contributed by atoms with van der Waals surface area (Å²) in [5, 5.41) is 6.87. The summed E-state index contributed by atoms with van der Waals surface area (Å²) < 4.78 is 0. The number of rotatable bonds is 7. The minimum Gasteiger partial charge on any atom is -0.373 e. The van der Waals surface area contributed by atoms with E-state index in [-0.39, 0.29) is 12.0 Å². The quantitative estimate of drug-likeness (QED) is 0.559. The summed E-state index contributed by atoms with van der Waals surface area (Å²) in [5.74, 6) is 1.49. The zero-order chi connectivity index (χ0) is 19.8. The Morgan fingerprint density at radius 3 is 2.68 bits per heavy atom. The van der Waals surface area contributed by atoms with Gasteiger partial charge in [-0.05, 0) is 38.3 Å². The molecule has 2 N–H and O–H groups in total. The smallest absolute Gasteiger partial charge is 0.225 e. The molecule has 6 nitrogen and oxygen atoms in total. The van der Waals surface area contributed by atoms with Gasteiger partial charge in [0.25, 0.3) is 0 Å². The number of guanidine groups is 1. The van der Waals surface area contributed by atoms with Gasteiger partial charge in [-0.1, -0.05) is 31.0 Å². The maximum atomic E-state index is 12.6. The van der Waals surface area contributed by atoms with Crippen molar-refractivity contribution in [3.63, 3.8) is 0 Å². The van der Waals surface area contributed by atoms with E-state index in [2.05, 4.69) is 58.7 Å². The van der Waals surface area contributed by atoms with E-state index in [1.807, 2.05) is 6.07 Å². The van der Waals surface area contributed by atoms with Gasteiger partial charge in [0, 0.05) is 50.9 Å². The predicted molar refractivity (Wildman–Crippen MR) is 116 cm³/mol. The van der Waals surface area contributed by atoms with Gasteiger partial charge >= 0.3 is 0 Å². The van der Waals surface area contributed by atoms with Crippen molar-refractivity contribution in [2.45, 2.75) is 45.1 Å². The molecule has 0 radical (unpaired) electrons. The van der Waals surface area contributed by atoms with E-state index in [0.29, 0.717) is 5.91 Å². The predicted octanol–water partition coefficient (Wildman–Crippen LogP) is 2.47. The van der Waals surface area contributed by atoms with Crippen LogP contribution in [0.25, 0.3) is 0 Å². The standard InChI is InChI=1S/C22H35N5O/c1-3-23-22(24-14-16-26(2)20-11-5-4-6-12-20)25-19-13-15-27(17-19)21(28)18-9-7-8-10-18/h4-6,11-12,18-19H,3,7-10,13-17H2,1-2H3,(H2,23,24,25). The third kappa shape index (κ3) is 5.63. The van der Waals surface area contributed by atoms with Crippen molar-refractivity contribution in [2.75, 3.05) is 44.7 Å². The molecule has 1 atom stereocenters. The molecule has 0 bridgehead atoms.